The van der Waals surface area contributed by atoms with Crippen LogP contribution in [0.25, 0.3) is 0 Å². The first-order valence-electron chi connectivity index (χ1n) is 42.7. The molecular formula is C84H150N18O10. The third-order valence-electron chi connectivity index (χ3n) is 21.6. The summed E-state index contributed by atoms with van der Waals surface area (Å²) in [6, 6.07) is 11.9. The Hall–Kier alpha value is -5.38. The Morgan fingerprint density at radius 1 is 0.223 bits per heavy atom. The van der Waals surface area contributed by atoms with E-state index in [4.69, 9.17) is 46.1 Å². The van der Waals surface area contributed by atoms with E-state index in [1.54, 1.807) is 0 Å². The van der Waals surface area contributed by atoms with Crippen LogP contribution in [0.15, 0.2) is 63.5 Å². The summed E-state index contributed by atoms with van der Waals surface area (Å²) in [5, 5.41) is 23.8. The van der Waals surface area contributed by atoms with Gasteiger partial charge in [-0.05, 0) is 174 Å². The molecule has 6 aliphatic rings. The van der Waals surface area contributed by atoms with Crippen LogP contribution in [0.5, 0.6) is 0 Å². The van der Waals surface area contributed by atoms with E-state index in [-0.39, 0.29) is 0 Å². The summed E-state index contributed by atoms with van der Waals surface area (Å²) in [6.07, 6.45) is 18.2. The average molecular weight is 1570 g/mol. The molecule has 6 aromatic heterocycles. The van der Waals surface area contributed by atoms with Gasteiger partial charge in [0.15, 0.2) is 0 Å². The Balaban J connectivity index is 0.000000187. The molecule has 0 spiro atoms. The van der Waals surface area contributed by atoms with Crippen molar-refractivity contribution in [3.05, 3.63) is 105 Å². The fraction of sp³-hybridized carbons (Fsp3) is 0.786. The standard InChI is InChI=1S/C15H27N3O.3C14H25N3O2.C14H25N3O.C13H23N3O2/c1-14-13-15(16-19-14)7-5-3-4-6-8-18-11-9-17(2)10-12-18;1-13-12-14(15-19-13)4-11-18-10-3-5-17-8-6-16(2)7-9-17;1-13-12-14(15-19-13)4-3-10-18-11-9-17-7-5-16(2)6-8-17;1-13-11-14(15-19-13)12-18-10-4-3-5-17-8-6-16(2)7-9-17;1-13-12-14(15-18-13)6-4-3-5-7-17-10-8-16(2)9-11-17;1-12-11-13(14-18-12)3-9-17-10-8-16-6-4-15(2)5-7-16/h13H,3-12H2,1-2H3;2*12H,3-11H2,1-2H3;11H,3-10,12H2,1-2H3;12H,3-11H2,1-2H3;11H,3-10H2,1-2H3. The zero-order valence-electron chi connectivity index (χ0n) is 71.8. The van der Waals surface area contributed by atoms with Crippen LogP contribution in [-0.4, -0.2) is 375 Å². The molecule has 0 aliphatic carbocycles. The molecular weight excluding hydrogens is 1420 g/mol. The number of aromatic nitrogens is 6. The zero-order valence-corrected chi connectivity index (χ0v) is 71.8. The molecule has 6 saturated heterocycles. The van der Waals surface area contributed by atoms with E-state index in [2.05, 4.69) is 132 Å². The number of ether oxygens (including phenoxy) is 4. The van der Waals surface area contributed by atoms with Gasteiger partial charge in [-0.25, -0.2) is 0 Å². The summed E-state index contributed by atoms with van der Waals surface area (Å²) in [5.74, 6) is 5.29. The Bertz CT molecular complexity index is 2850. The van der Waals surface area contributed by atoms with Gasteiger partial charge >= 0.3 is 0 Å². The third-order valence-corrected chi connectivity index (χ3v) is 21.6. The summed E-state index contributed by atoms with van der Waals surface area (Å²) in [4.78, 5) is 29.5. The van der Waals surface area contributed by atoms with Gasteiger partial charge in [0.1, 0.15) is 40.3 Å². The number of nitrogens with zero attached hydrogens (tertiary/aromatic N) is 18. The summed E-state index contributed by atoms with van der Waals surface area (Å²) in [6.45, 7) is 53.3. The zero-order chi connectivity index (χ0) is 79.6. The van der Waals surface area contributed by atoms with Crippen molar-refractivity contribution in [2.75, 3.05) is 285 Å². The summed E-state index contributed by atoms with van der Waals surface area (Å²) < 4.78 is 52.7. The first kappa shape index (κ1) is 93.8. The smallest absolute Gasteiger partial charge is 0.134 e. The third kappa shape index (κ3) is 43.5. The molecule has 28 heteroatoms. The number of hydrogen-bond acceptors (Lipinski definition) is 28. The summed E-state index contributed by atoms with van der Waals surface area (Å²) in [7, 11) is 13.1. The van der Waals surface area contributed by atoms with Gasteiger partial charge in [0.2, 0.25) is 0 Å². The number of likely N-dealkylation sites (N-methyl/N-ethyl adjacent to an activating group) is 6. The molecule has 12 heterocycles. The van der Waals surface area contributed by atoms with Gasteiger partial charge in [-0.3, -0.25) is 9.80 Å². The maximum Gasteiger partial charge on any atom is 0.134 e. The van der Waals surface area contributed by atoms with Crippen LogP contribution in [0.3, 0.4) is 0 Å². The van der Waals surface area contributed by atoms with Gasteiger partial charge in [-0.1, -0.05) is 50.2 Å². The molecule has 0 unspecified atom stereocenters. The predicted molar refractivity (Wildman–Crippen MR) is 442 cm³/mol. The SMILES string of the molecule is Cc1cc(CCCCCCN2CCN(C)CC2)no1.Cc1cc(CCCCCN2CCN(C)CC2)no1.Cc1cc(CCCOCCN2CCN(C)CC2)no1.Cc1cc(CCOCCCN2CCN(C)CC2)no1.Cc1cc(CCOCCN2CCN(C)CC2)no1.Cc1cc(COCCCCN2CCN(C)CC2)no1. The maximum absolute atomic E-state index is 5.68. The second kappa shape index (κ2) is 56.8. The normalized spacial score (nSPS) is 18.1. The highest BCUT2D eigenvalue weighted by Crippen LogP contribution is 2.14. The Morgan fingerprint density at radius 2 is 0.455 bits per heavy atom. The Kier molecular flexibility index (Phi) is 47.6. The maximum atomic E-state index is 5.68. The van der Waals surface area contributed by atoms with E-state index in [9.17, 15) is 0 Å². The van der Waals surface area contributed by atoms with Gasteiger partial charge in [0.05, 0.1) is 61.5 Å². The Morgan fingerprint density at radius 3 is 0.777 bits per heavy atom. The van der Waals surface area contributed by atoms with E-state index in [0.29, 0.717) is 6.61 Å². The minimum absolute atomic E-state index is 0.561. The minimum atomic E-state index is 0.561. The number of aryl methyl sites for hydroxylation is 9. The topological polar surface area (TPSA) is 232 Å². The van der Waals surface area contributed by atoms with Crippen LogP contribution in [0, 0.1) is 41.5 Å². The average Bonchev–Trinajstić information content (AvgIpc) is 1.83. The number of rotatable bonds is 40. The molecule has 28 nitrogen and oxygen atoms in total. The number of hydrogen-bond donors (Lipinski definition) is 0. The predicted octanol–water partition coefficient (Wildman–Crippen LogP) is 8.95. The van der Waals surface area contributed by atoms with Crippen molar-refractivity contribution >= 4 is 0 Å². The van der Waals surface area contributed by atoms with Crippen molar-refractivity contribution in [1.82, 2.24) is 89.7 Å². The number of piperazine rings is 6. The van der Waals surface area contributed by atoms with Crippen LogP contribution in [-0.2, 0) is 57.7 Å². The fourth-order valence-corrected chi connectivity index (χ4v) is 13.9. The highest BCUT2D eigenvalue weighted by molar-refractivity contribution is 5.07. The molecule has 636 valence electrons. The van der Waals surface area contributed by atoms with E-state index in [1.807, 2.05) is 77.9 Å². The van der Waals surface area contributed by atoms with E-state index < -0.39 is 0 Å². The molecule has 0 bridgehead atoms. The van der Waals surface area contributed by atoms with Gasteiger partial charge in [0.25, 0.3) is 0 Å². The second-order valence-electron chi connectivity index (χ2n) is 32.0. The van der Waals surface area contributed by atoms with Crippen molar-refractivity contribution in [2.24, 2.45) is 0 Å². The first-order valence-corrected chi connectivity index (χ1v) is 42.7. The molecule has 0 N–H and O–H groups in total. The van der Waals surface area contributed by atoms with E-state index >= 15 is 0 Å². The van der Waals surface area contributed by atoms with Crippen LogP contribution in [0.4, 0.5) is 0 Å². The fourth-order valence-electron chi connectivity index (χ4n) is 13.9. The molecule has 12 rings (SSSR count). The van der Waals surface area contributed by atoms with Crippen molar-refractivity contribution in [3.8, 4) is 0 Å². The molecule has 6 aromatic rings. The van der Waals surface area contributed by atoms with Crippen LogP contribution in [0.1, 0.15) is 139 Å². The lowest BCUT2D eigenvalue weighted by molar-refractivity contribution is 0.0807. The minimum Gasteiger partial charge on any atom is -0.381 e. The molecule has 112 heavy (non-hydrogen) atoms. The van der Waals surface area contributed by atoms with Gasteiger partial charge in [-0.15, -0.1) is 0 Å². The van der Waals surface area contributed by atoms with Gasteiger partial charge < -0.3 is 95.1 Å². The lowest BCUT2D eigenvalue weighted by Gasteiger charge is -2.32. The van der Waals surface area contributed by atoms with Crippen LogP contribution < -0.4 is 0 Å². The summed E-state index contributed by atoms with van der Waals surface area (Å²) in [5.41, 5.74) is 6.09. The van der Waals surface area contributed by atoms with Crippen LogP contribution in [0.2, 0.25) is 0 Å². The van der Waals surface area contributed by atoms with Crippen molar-refractivity contribution < 1.29 is 46.1 Å². The van der Waals surface area contributed by atoms with Crippen molar-refractivity contribution in [1.29, 1.82) is 0 Å². The highest BCUT2D eigenvalue weighted by atomic mass is 16.5. The van der Waals surface area contributed by atoms with Crippen LogP contribution >= 0.6 is 0 Å². The lowest BCUT2D eigenvalue weighted by atomic mass is 10.1. The number of unbranched alkanes of at least 4 members (excludes halogenated alkanes) is 6. The second-order valence-corrected chi connectivity index (χ2v) is 32.0. The molecule has 0 amide bonds. The van der Waals surface area contributed by atoms with E-state index in [0.717, 1.165) is 225 Å². The van der Waals surface area contributed by atoms with Gasteiger partial charge in [-0.2, -0.15) is 0 Å². The van der Waals surface area contributed by atoms with Gasteiger partial charge in [0, 0.05) is 246 Å². The molecule has 0 radical (unpaired) electrons. The molecule has 6 fully saturated rings. The first-order chi connectivity index (χ1) is 54.4. The summed E-state index contributed by atoms with van der Waals surface area (Å²) >= 11 is 0. The highest BCUT2D eigenvalue weighted by Gasteiger charge is 2.19. The molecule has 0 atom stereocenters. The Labute approximate surface area is 673 Å². The largest absolute Gasteiger partial charge is 0.381 e. The monoisotopic (exact) mass is 1570 g/mol. The van der Waals surface area contributed by atoms with Crippen molar-refractivity contribution in [3.63, 3.8) is 0 Å². The molecule has 0 aromatic carbocycles. The molecule has 6 aliphatic heterocycles. The van der Waals surface area contributed by atoms with Crippen molar-refractivity contribution in [2.45, 2.75) is 151 Å². The lowest BCUT2D eigenvalue weighted by Crippen LogP contribution is -2.45. The quantitative estimate of drug-likeness (QED) is 0.0327. The van der Waals surface area contributed by atoms with E-state index in [1.165, 1.54) is 189 Å². The molecule has 0 saturated carbocycles.